The molecular formula is C30H23N5O6S. The molecule has 0 aliphatic carbocycles. The number of imidazole rings is 1. The van der Waals surface area contributed by atoms with E-state index in [0.29, 0.717) is 46.3 Å². The van der Waals surface area contributed by atoms with E-state index in [0.717, 1.165) is 14.4 Å². The Bertz CT molecular complexity index is 2060. The Morgan fingerprint density at radius 1 is 1.02 bits per heavy atom. The Kier molecular flexibility index (Phi) is 6.82. The van der Waals surface area contributed by atoms with Crippen molar-refractivity contribution in [3.05, 3.63) is 101 Å². The highest BCUT2D eigenvalue weighted by atomic mass is 32.2. The minimum absolute atomic E-state index is 0.0267. The van der Waals surface area contributed by atoms with E-state index in [2.05, 4.69) is 21.8 Å². The van der Waals surface area contributed by atoms with E-state index in [1.807, 2.05) is 24.3 Å². The number of rotatable bonds is 5. The van der Waals surface area contributed by atoms with Gasteiger partial charge >= 0.3 is 11.7 Å². The lowest BCUT2D eigenvalue weighted by Gasteiger charge is -2.20. The zero-order valence-electron chi connectivity index (χ0n) is 21.9. The maximum absolute atomic E-state index is 13.0. The first-order chi connectivity index (χ1) is 20.2. The number of H-pyrrole nitrogens is 1. The summed E-state index contributed by atoms with van der Waals surface area (Å²) in [6.45, 7) is 0.178. The summed E-state index contributed by atoms with van der Waals surface area (Å²) in [7, 11) is -3.92. The summed E-state index contributed by atoms with van der Waals surface area (Å²) < 4.78 is 28.1. The molecule has 4 heterocycles. The highest BCUT2D eigenvalue weighted by Crippen LogP contribution is 2.29. The van der Waals surface area contributed by atoms with Crippen molar-refractivity contribution >= 4 is 26.9 Å². The molecule has 3 aromatic heterocycles. The van der Waals surface area contributed by atoms with Gasteiger partial charge in [-0.15, -0.1) is 0 Å². The van der Waals surface area contributed by atoms with Crippen molar-refractivity contribution in [3.63, 3.8) is 0 Å². The number of pyridine rings is 2. The van der Waals surface area contributed by atoms with E-state index in [1.54, 1.807) is 36.7 Å². The van der Waals surface area contributed by atoms with Crippen molar-refractivity contribution in [2.24, 2.45) is 0 Å². The fourth-order valence-corrected chi connectivity index (χ4v) is 6.62. The zero-order valence-corrected chi connectivity index (χ0v) is 22.7. The highest BCUT2D eigenvalue weighted by Gasteiger charge is 2.39. The number of carboxylic acid groups (broad SMARTS) is 1. The maximum atomic E-state index is 13.0. The predicted molar refractivity (Wildman–Crippen MR) is 154 cm³/mol. The van der Waals surface area contributed by atoms with Gasteiger partial charge in [0.1, 0.15) is 6.04 Å². The Balaban J connectivity index is 1.25. The normalized spacial score (nSPS) is 15.4. The van der Waals surface area contributed by atoms with Gasteiger partial charge in [0, 0.05) is 41.0 Å². The average molecular weight is 582 g/mol. The van der Waals surface area contributed by atoms with Gasteiger partial charge in [-0.3, -0.25) is 9.78 Å². The van der Waals surface area contributed by atoms with E-state index in [-0.39, 0.29) is 17.3 Å². The van der Waals surface area contributed by atoms with Crippen LogP contribution in [0.5, 0.6) is 5.88 Å². The topological polar surface area (TPSA) is 158 Å². The van der Waals surface area contributed by atoms with Gasteiger partial charge in [0.2, 0.25) is 15.9 Å². The van der Waals surface area contributed by atoms with Crippen LogP contribution in [0.25, 0.3) is 27.8 Å². The zero-order chi connectivity index (χ0) is 29.4. The van der Waals surface area contributed by atoms with Gasteiger partial charge in [0.25, 0.3) is 0 Å². The van der Waals surface area contributed by atoms with Gasteiger partial charge in [-0.05, 0) is 61.4 Å². The molecule has 42 heavy (non-hydrogen) atoms. The van der Waals surface area contributed by atoms with Crippen LogP contribution in [0.2, 0.25) is 0 Å². The monoisotopic (exact) mass is 581 g/mol. The number of aromatic nitrogens is 4. The van der Waals surface area contributed by atoms with Crippen LogP contribution in [-0.2, 0) is 14.8 Å². The SMILES string of the molecule is O=C(O)[C@H]1CCCN1S(=O)(=O)c1ccc(C#Cc2ccc(-c3cc(-n4c(O)c[nH]c4=O)c4cnccc4n3)cc2)cc1. The summed E-state index contributed by atoms with van der Waals surface area (Å²) in [5.74, 6) is 4.69. The number of aromatic amines is 1. The number of aromatic hydroxyl groups is 1. The minimum atomic E-state index is -3.92. The molecule has 1 atom stereocenters. The average Bonchev–Trinajstić information content (AvgIpc) is 3.63. The molecule has 0 spiro atoms. The van der Waals surface area contributed by atoms with Crippen molar-refractivity contribution in [2.45, 2.75) is 23.8 Å². The molecule has 0 bridgehead atoms. The quantitative estimate of drug-likeness (QED) is 0.267. The van der Waals surface area contributed by atoms with Gasteiger partial charge in [-0.25, -0.2) is 22.8 Å². The Morgan fingerprint density at radius 2 is 1.71 bits per heavy atom. The number of nitrogens with one attached hydrogen (secondary N) is 1. The molecule has 1 aliphatic heterocycles. The van der Waals surface area contributed by atoms with E-state index in [1.165, 1.54) is 18.3 Å². The lowest BCUT2D eigenvalue weighted by molar-refractivity contribution is -0.140. The van der Waals surface area contributed by atoms with Crippen LogP contribution in [0.4, 0.5) is 0 Å². The van der Waals surface area contributed by atoms with E-state index >= 15 is 0 Å². The van der Waals surface area contributed by atoms with Crippen LogP contribution in [-0.4, -0.2) is 61.0 Å². The van der Waals surface area contributed by atoms with Crippen LogP contribution in [0, 0.1) is 11.8 Å². The first kappa shape index (κ1) is 26.9. The molecule has 5 aromatic rings. The van der Waals surface area contributed by atoms with E-state index in [4.69, 9.17) is 4.98 Å². The third-order valence-corrected chi connectivity index (χ3v) is 8.99. The van der Waals surface area contributed by atoms with Gasteiger partial charge in [-0.1, -0.05) is 24.0 Å². The number of nitrogens with zero attached hydrogens (tertiary/aromatic N) is 4. The Labute approximate surface area is 239 Å². The molecule has 210 valence electrons. The molecule has 12 heteroatoms. The lowest BCUT2D eigenvalue weighted by atomic mass is 10.1. The standard InChI is InChI=1S/C30H23N5O6S/c36-28-18-32-30(39)35(28)27-16-25(33-24-13-14-31-17-23(24)27)21-9-5-19(6-10-21)3-4-20-7-11-22(12-8-20)42(40,41)34-15-1-2-26(34)29(37)38/h5-14,16-18,26,36H,1-2,15H2,(H,32,39)(H,37,38)/t26-/m1/s1. The summed E-state index contributed by atoms with van der Waals surface area (Å²) in [5, 5.41) is 20.2. The third kappa shape index (κ3) is 4.91. The molecule has 0 unspecified atom stereocenters. The summed E-state index contributed by atoms with van der Waals surface area (Å²) in [6.07, 6.45) is 5.20. The molecule has 0 radical (unpaired) electrons. The third-order valence-electron chi connectivity index (χ3n) is 7.07. The van der Waals surface area contributed by atoms with Gasteiger partial charge in [0.15, 0.2) is 0 Å². The van der Waals surface area contributed by atoms with Crippen molar-refractivity contribution in [1.82, 2.24) is 23.8 Å². The largest absolute Gasteiger partial charge is 0.493 e. The molecule has 1 aliphatic rings. The number of aliphatic carboxylic acids is 1. The molecular weight excluding hydrogens is 558 g/mol. The number of hydrogen-bond acceptors (Lipinski definition) is 7. The smallest absolute Gasteiger partial charge is 0.333 e. The number of sulfonamides is 1. The first-order valence-electron chi connectivity index (χ1n) is 12.9. The Hall–Kier alpha value is -5.25. The first-order valence-corrected chi connectivity index (χ1v) is 14.4. The maximum Gasteiger partial charge on any atom is 0.333 e. The highest BCUT2D eigenvalue weighted by molar-refractivity contribution is 7.89. The predicted octanol–water partition coefficient (Wildman–Crippen LogP) is 3.12. The minimum Gasteiger partial charge on any atom is -0.493 e. The van der Waals surface area contributed by atoms with Crippen molar-refractivity contribution < 1.29 is 23.4 Å². The van der Waals surface area contributed by atoms with Crippen LogP contribution < -0.4 is 5.69 Å². The number of carboxylic acids is 1. The second kappa shape index (κ2) is 10.6. The summed E-state index contributed by atoms with van der Waals surface area (Å²) in [6, 6.07) is 15.8. The van der Waals surface area contributed by atoms with Crippen LogP contribution in [0.15, 0.2) is 88.9 Å². The summed E-state index contributed by atoms with van der Waals surface area (Å²) in [5.41, 5.74) is 3.19. The molecule has 0 saturated carbocycles. The number of hydrogen-bond donors (Lipinski definition) is 3. The molecule has 1 saturated heterocycles. The summed E-state index contributed by atoms with van der Waals surface area (Å²) >= 11 is 0. The second-order valence-electron chi connectivity index (χ2n) is 9.67. The summed E-state index contributed by atoms with van der Waals surface area (Å²) in [4.78, 5) is 35.2. The van der Waals surface area contributed by atoms with Crippen LogP contribution in [0.3, 0.4) is 0 Å². The van der Waals surface area contributed by atoms with E-state index < -0.39 is 27.7 Å². The van der Waals surface area contributed by atoms with Gasteiger partial charge < -0.3 is 15.2 Å². The van der Waals surface area contributed by atoms with Crippen LogP contribution in [0.1, 0.15) is 24.0 Å². The van der Waals surface area contributed by atoms with Crippen molar-refractivity contribution in [2.75, 3.05) is 6.54 Å². The van der Waals surface area contributed by atoms with Crippen molar-refractivity contribution in [1.29, 1.82) is 0 Å². The fraction of sp³-hybridized carbons (Fsp3) is 0.133. The number of fused-ring (bicyclic) bond motifs is 1. The lowest BCUT2D eigenvalue weighted by Crippen LogP contribution is -2.40. The molecule has 11 nitrogen and oxygen atoms in total. The van der Waals surface area contributed by atoms with Crippen molar-refractivity contribution in [3.8, 4) is 34.7 Å². The molecule has 6 rings (SSSR count). The second-order valence-corrected chi connectivity index (χ2v) is 11.6. The van der Waals surface area contributed by atoms with Crippen LogP contribution >= 0.6 is 0 Å². The molecule has 2 aromatic carbocycles. The van der Waals surface area contributed by atoms with Gasteiger partial charge in [-0.2, -0.15) is 4.31 Å². The number of carbonyl (C=O) groups is 1. The molecule has 1 fully saturated rings. The van der Waals surface area contributed by atoms with Gasteiger partial charge in [0.05, 0.1) is 28.0 Å². The van der Waals surface area contributed by atoms with E-state index in [9.17, 15) is 28.2 Å². The molecule has 0 amide bonds. The molecule has 3 N–H and O–H groups in total. The number of benzene rings is 2. The fourth-order valence-electron chi connectivity index (χ4n) is 4.97. The Morgan fingerprint density at radius 3 is 2.36 bits per heavy atom.